The molecule has 2 N–H and O–H groups in total. The van der Waals surface area contributed by atoms with Gasteiger partial charge in [-0.05, 0) is 54.1 Å². The largest absolute Gasteiger partial charge is 0.365 e. The Kier molecular flexibility index (Phi) is 4.71. The van der Waals surface area contributed by atoms with Gasteiger partial charge in [-0.25, -0.2) is 4.39 Å². The van der Waals surface area contributed by atoms with Crippen LogP contribution in [0.4, 0.5) is 16.0 Å². The van der Waals surface area contributed by atoms with Crippen molar-refractivity contribution in [2.24, 2.45) is 0 Å². The van der Waals surface area contributed by atoms with Crippen LogP contribution in [0.2, 0.25) is 0 Å². The normalized spacial score (nSPS) is 10.2. The van der Waals surface area contributed by atoms with Crippen LogP contribution in [-0.2, 0) is 6.54 Å². The highest BCUT2D eigenvalue weighted by atomic mass is 19.1. The molecule has 6 nitrogen and oxygen atoms in total. The number of nitrogens with zero attached hydrogens (tertiary/aromatic N) is 3. The Morgan fingerprint density at radius 1 is 0.917 bits per heavy atom. The molecule has 0 saturated heterocycles. The van der Waals surface area contributed by atoms with E-state index in [0.29, 0.717) is 23.7 Å². The minimum absolute atomic E-state index is 0.318. The molecule has 0 spiro atoms. The third kappa shape index (κ3) is 4.10. The molecule has 2 heterocycles. The van der Waals surface area contributed by atoms with Gasteiger partial charge in [-0.15, -0.1) is 10.2 Å². The minimum atomic E-state index is -0.393. The first-order chi connectivity index (χ1) is 11.7. The lowest BCUT2D eigenvalue weighted by molar-refractivity contribution is 0.102. The Morgan fingerprint density at radius 2 is 1.58 bits per heavy atom. The van der Waals surface area contributed by atoms with Crippen LogP contribution in [0.3, 0.4) is 0 Å². The van der Waals surface area contributed by atoms with Crippen molar-refractivity contribution in [3.05, 3.63) is 77.9 Å². The molecule has 120 valence electrons. The molecule has 0 aliphatic carbocycles. The van der Waals surface area contributed by atoms with Gasteiger partial charge in [0.05, 0.1) is 0 Å². The number of carbonyl (C=O) groups is 1. The van der Waals surface area contributed by atoms with Crippen molar-refractivity contribution >= 4 is 17.5 Å². The zero-order valence-electron chi connectivity index (χ0n) is 12.6. The average Bonchev–Trinajstić information content (AvgIpc) is 2.62. The summed E-state index contributed by atoms with van der Waals surface area (Å²) >= 11 is 0. The van der Waals surface area contributed by atoms with Crippen LogP contribution in [-0.4, -0.2) is 21.1 Å². The average molecular weight is 323 g/mol. The second-order valence-corrected chi connectivity index (χ2v) is 4.97. The molecular weight excluding hydrogens is 309 g/mol. The molecule has 3 rings (SSSR count). The molecule has 7 heteroatoms. The number of pyridine rings is 1. The smallest absolute Gasteiger partial charge is 0.256 e. The molecule has 3 aromatic rings. The maximum atomic E-state index is 12.9. The summed E-state index contributed by atoms with van der Waals surface area (Å²) in [4.78, 5) is 16.0. The molecule has 1 aromatic carbocycles. The Labute approximate surface area is 137 Å². The zero-order valence-corrected chi connectivity index (χ0v) is 12.6. The van der Waals surface area contributed by atoms with E-state index in [9.17, 15) is 9.18 Å². The zero-order chi connectivity index (χ0) is 16.8. The number of halogens is 1. The van der Waals surface area contributed by atoms with Gasteiger partial charge in [-0.2, -0.15) is 0 Å². The molecular formula is C17H14FN5O. The van der Waals surface area contributed by atoms with Crippen molar-refractivity contribution < 1.29 is 9.18 Å². The second-order valence-electron chi connectivity index (χ2n) is 4.97. The fourth-order valence-electron chi connectivity index (χ4n) is 1.98. The van der Waals surface area contributed by atoms with E-state index in [2.05, 4.69) is 25.8 Å². The van der Waals surface area contributed by atoms with Crippen molar-refractivity contribution in [1.82, 2.24) is 15.2 Å². The predicted octanol–water partition coefficient (Wildman–Crippen LogP) is 2.88. The van der Waals surface area contributed by atoms with Crippen LogP contribution in [0.5, 0.6) is 0 Å². The van der Waals surface area contributed by atoms with Crippen molar-refractivity contribution in [2.75, 3.05) is 10.6 Å². The van der Waals surface area contributed by atoms with E-state index in [4.69, 9.17) is 0 Å². The van der Waals surface area contributed by atoms with Gasteiger partial charge in [-0.1, -0.05) is 0 Å². The fourth-order valence-corrected chi connectivity index (χ4v) is 1.98. The summed E-state index contributed by atoms with van der Waals surface area (Å²) in [5.74, 6) is 0.142. The highest BCUT2D eigenvalue weighted by molar-refractivity contribution is 6.03. The van der Waals surface area contributed by atoms with Crippen LogP contribution in [0.15, 0.2) is 60.9 Å². The first-order valence-electron chi connectivity index (χ1n) is 7.24. The van der Waals surface area contributed by atoms with Crippen molar-refractivity contribution in [3.63, 3.8) is 0 Å². The van der Waals surface area contributed by atoms with Crippen LogP contribution in [0.25, 0.3) is 0 Å². The van der Waals surface area contributed by atoms with Gasteiger partial charge in [0, 0.05) is 24.5 Å². The highest BCUT2D eigenvalue weighted by Gasteiger charge is 2.07. The molecule has 2 aromatic heterocycles. The van der Waals surface area contributed by atoms with E-state index in [0.717, 1.165) is 5.56 Å². The molecule has 0 aliphatic rings. The summed E-state index contributed by atoms with van der Waals surface area (Å²) in [7, 11) is 0. The van der Waals surface area contributed by atoms with Gasteiger partial charge < -0.3 is 10.6 Å². The van der Waals surface area contributed by atoms with E-state index in [1.165, 1.54) is 24.3 Å². The number of benzene rings is 1. The fraction of sp³-hybridized carbons (Fsp3) is 0.0588. The van der Waals surface area contributed by atoms with Gasteiger partial charge in [0.1, 0.15) is 11.6 Å². The standard InChI is InChI=1S/C17H14FN5O/c18-14-3-1-13(2-4-14)17(24)21-16-6-5-15(22-23-16)20-11-12-7-9-19-10-8-12/h1-10H,11H2,(H,20,22)(H,21,23,24). The van der Waals surface area contributed by atoms with Gasteiger partial charge in [0.25, 0.3) is 5.91 Å². The molecule has 1 amide bonds. The molecule has 0 fully saturated rings. The number of anilines is 2. The first kappa shape index (κ1) is 15.5. The first-order valence-corrected chi connectivity index (χ1v) is 7.24. The third-order valence-electron chi connectivity index (χ3n) is 3.24. The number of carbonyl (C=O) groups excluding carboxylic acids is 1. The van der Waals surface area contributed by atoms with Gasteiger partial charge in [-0.3, -0.25) is 9.78 Å². The van der Waals surface area contributed by atoms with E-state index in [1.54, 1.807) is 24.5 Å². The summed E-state index contributed by atoms with van der Waals surface area (Å²) in [6.07, 6.45) is 3.44. The SMILES string of the molecule is O=C(Nc1ccc(NCc2ccncc2)nn1)c1ccc(F)cc1. The molecule has 0 bridgehead atoms. The van der Waals surface area contributed by atoms with Crippen LogP contribution < -0.4 is 10.6 Å². The molecule has 24 heavy (non-hydrogen) atoms. The Morgan fingerprint density at radius 3 is 2.25 bits per heavy atom. The lowest BCUT2D eigenvalue weighted by Crippen LogP contribution is -2.13. The lowest BCUT2D eigenvalue weighted by Gasteiger charge is -2.07. The minimum Gasteiger partial charge on any atom is -0.365 e. The molecule has 0 atom stereocenters. The summed E-state index contributed by atoms with van der Waals surface area (Å²) in [6, 6.07) is 12.4. The van der Waals surface area contributed by atoms with Gasteiger partial charge in [0.2, 0.25) is 0 Å². The Bertz CT molecular complexity index is 807. The molecule has 0 radical (unpaired) electrons. The Balaban J connectivity index is 1.58. The number of hydrogen-bond donors (Lipinski definition) is 2. The number of rotatable bonds is 5. The van der Waals surface area contributed by atoms with Gasteiger partial charge in [0.15, 0.2) is 5.82 Å². The molecule has 0 aliphatic heterocycles. The number of hydrogen-bond acceptors (Lipinski definition) is 5. The maximum absolute atomic E-state index is 12.9. The van der Waals surface area contributed by atoms with Crippen molar-refractivity contribution in [2.45, 2.75) is 6.54 Å². The molecule has 0 saturated carbocycles. The second kappa shape index (κ2) is 7.28. The van der Waals surface area contributed by atoms with E-state index in [-0.39, 0.29) is 5.91 Å². The summed E-state index contributed by atoms with van der Waals surface area (Å²) < 4.78 is 12.9. The van der Waals surface area contributed by atoms with Crippen LogP contribution in [0, 0.1) is 5.82 Å². The van der Waals surface area contributed by atoms with Crippen LogP contribution in [0.1, 0.15) is 15.9 Å². The summed E-state index contributed by atoms with van der Waals surface area (Å²) in [5.41, 5.74) is 1.42. The predicted molar refractivity (Wildman–Crippen MR) is 87.9 cm³/mol. The quantitative estimate of drug-likeness (QED) is 0.755. The highest BCUT2D eigenvalue weighted by Crippen LogP contribution is 2.10. The maximum Gasteiger partial charge on any atom is 0.256 e. The van der Waals surface area contributed by atoms with Crippen molar-refractivity contribution in [1.29, 1.82) is 0 Å². The topological polar surface area (TPSA) is 79.8 Å². The van der Waals surface area contributed by atoms with E-state index >= 15 is 0 Å². The Hall–Kier alpha value is -3.35. The number of amides is 1. The van der Waals surface area contributed by atoms with Crippen LogP contribution >= 0.6 is 0 Å². The van der Waals surface area contributed by atoms with Gasteiger partial charge >= 0.3 is 0 Å². The van der Waals surface area contributed by atoms with E-state index in [1.807, 2.05) is 12.1 Å². The molecule has 0 unspecified atom stereocenters. The monoisotopic (exact) mass is 323 g/mol. The number of aromatic nitrogens is 3. The lowest BCUT2D eigenvalue weighted by atomic mass is 10.2. The summed E-state index contributed by atoms with van der Waals surface area (Å²) in [5, 5.41) is 13.7. The van der Waals surface area contributed by atoms with Crippen molar-refractivity contribution in [3.8, 4) is 0 Å². The third-order valence-corrected chi connectivity index (χ3v) is 3.24. The number of nitrogens with one attached hydrogen (secondary N) is 2. The van der Waals surface area contributed by atoms with E-state index < -0.39 is 5.82 Å². The summed E-state index contributed by atoms with van der Waals surface area (Å²) in [6.45, 7) is 0.596.